The first-order chi connectivity index (χ1) is 5.79. The van der Waals surface area contributed by atoms with Crippen LogP contribution in [0.1, 0.15) is 24.6 Å². The summed E-state index contributed by atoms with van der Waals surface area (Å²) in [5, 5.41) is 0. The fraction of sp³-hybridized carbons (Fsp3) is 0.400. The predicted molar refractivity (Wildman–Crippen MR) is 50.7 cm³/mol. The monoisotopic (exact) mass is 228 g/mol. The Hall–Kier alpha value is -0.370. The molecule has 1 aliphatic rings. The van der Waals surface area contributed by atoms with E-state index in [2.05, 4.69) is 15.9 Å². The van der Waals surface area contributed by atoms with Crippen LogP contribution in [0.3, 0.4) is 0 Å². The van der Waals surface area contributed by atoms with Gasteiger partial charge in [0.1, 0.15) is 6.17 Å². The summed E-state index contributed by atoms with van der Waals surface area (Å²) in [5.41, 5.74) is 0.806. The number of hydrogen-bond acceptors (Lipinski definition) is 0. The quantitative estimate of drug-likeness (QED) is 0.722. The first kappa shape index (κ1) is 8.24. The smallest absolute Gasteiger partial charge is 0.129 e. The van der Waals surface area contributed by atoms with E-state index in [4.69, 9.17) is 0 Å². The van der Waals surface area contributed by atoms with Crippen molar-refractivity contribution in [1.29, 1.82) is 0 Å². The van der Waals surface area contributed by atoms with Crippen LogP contribution in [0.25, 0.3) is 0 Å². The fourth-order valence-electron chi connectivity index (χ4n) is 1.34. The van der Waals surface area contributed by atoms with Gasteiger partial charge in [0.05, 0.1) is 0 Å². The Morgan fingerprint density at radius 2 is 2.00 bits per heavy atom. The molecule has 1 aromatic carbocycles. The van der Waals surface area contributed by atoms with Crippen LogP contribution in [0.2, 0.25) is 0 Å². The van der Waals surface area contributed by atoms with Crippen LogP contribution in [0.5, 0.6) is 0 Å². The second-order valence-electron chi connectivity index (χ2n) is 3.26. The molecule has 1 atom stereocenters. The Morgan fingerprint density at radius 1 is 1.33 bits per heavy atom. The summed E-state index contributed by atoms with van der Waals surface area (Å²) in [4.78, 5) is 0. The maximum absolute atomic E-state index is 13.6. The Balaban J connectivity index is 2.25. The Bertz CT molecular complexity index is 281. The lowest BCUT2D eigenvalue weighted by Gasteiger charge is -2.08. The normalized spacial score (nSPS) is 19.2. The van der Waals surface area contributed by atoms with Gasteiger partial charge in [0.15, 0.2) is 0 Å². The van der Waals surface area contributed by atoms with Crippen molar-refractivity contribution in [3.8, 4) is 0 Å². The number of benzene rings is 1. The largest absolute Gasteiger partial charge is 0.242 e. The van der Waals surface area contributed by atoms with Crippen LogP contribution in [-0.4, -0.2) is 0 Å². The fourth-order valence-corrected chi connectivity index (χ4v) is 1.85. The molecule has 2 rings (SSSR count). The van der Waals surface area contributed by atoms with Gasteiger partial charge >= 0.3 is 0 Å². The van der Waals surface area contributed by atoms with E-state index >= 15 is 0 Å². The molecule has 0 nitrogen and oxygen atoms in total. The molecule has 64 valence electrons. The topological polar surface area (TPSA) is 0 Å². The highest BCUT2D eigenvalue weighted by Crippen LogP contribution is 2.45. The molecule has 0 amide bonds. The van der Waals surface area contributed by atoms with Crippen LogP contribution >= 0.6 is 15.9 Å². The van der Waals surface area contributed by atoms with Crippen molar-refractivity contribution < 1.29 is 4.39 Å². The molecular formula is C10H10BrF. The minimum absolute atomic E-state index is 0.281. The maximum atomic E-state index is 13.6. The average Bonchev–Trinajstić information content (AvgIpc) is 2.86. The summed E-state index contributed by atoms with van der Waals surface area (Å²) in [6.45, 7) is 0. The number of alkyl halides is 1. The van der Waals surface area contributed by atoms with Gasteiger partial charge in [-0.1, -0.05) is 34.1 Å². The third-order valence-corrected chi connectivity index (χ3v) is 2.96. The summed E-state index contributed by atoms with van der Waals surface area (Å²) in [7, 11) is 0. The van der Waals surface area contributed by atoms with Crippen molar-refractivity contribution in [3.63, 3.8) is 0 Å². The van der Waals surface area contributed by atoms with Crippen LogP contribution in [-0.2, 0) is 0 Å². The van der Waals surface area contributed by atoms with E-state index in [0.717, 1.165) is 22.9 Å². The molecule has 0 bridgehead atoms. The molecule has 0 N–H and O–H groups in total. The van der Waals surface area contributed by atoms with Gasteiger partial charge in [0.2, 0.25) is 0 Å². The lowest BCUT2D eigenvalue weighted by Crippen LogP contribution is -1.94. The van der Waals surface area contributed by atoms with Crippen LogP contribution in [0.15, 0.2) is 28.7 Å². The molecule has 2 heteroatoms. The van der Waals surface area contributed by atoms with E-state index < -0.39 is 6.17 Å². The molecule has 1 saturated carbocycles. The summed E-state index contributed by atoms with van der Waals surface area (Å²) in [6, 6.07) is 7.54. The minimum Gasteiger partial charge on any atom is -0.242 e. The average molecular weight is 229 g/mol. The van der Waals surface area contributed by atoms with Crippen LogP contribution in [0, 0.1) is 5.92 Å². The van der Waals surface area contributed by atoms with Crippen molar-refractivity contribution in [2.75, 3.05) is 0 Å². The van der Waals surface area contributed by atoms with E-state index in [0.29, 0.717) is 0 Å². The number of hydrogen-bond donors (Lipinski definition) is 0. The Morgan fingerprint density at radius 3 is 2.58 bits per heavy atom. The van der Waals surface area contributed by atoms with E-state index in [1.165, 1.54) is 0 Å². The second kappa shape index (κ2) is 3.17. The molecule has 0 saturated heterocycles. The zero-order chi connectivity index (χ0) is 8.55. The third kappa shape index (κ3) is 1.53. The highest BCUT2D eigenvalue weighted by Gasteiger charge is 2.33. The summed E-state index contributed by atoms with van der Waals surface area (Å²) in [6.07, 6.45) is 1.32. The highest BCUT2D eigenvalue weighted by atomic mass is 79.9. The first-order valence-corrected chi connectivity index (χ1v) is 4.97. The maximum Gasteiger partial charge on any atom is 0.129 e. The van der Waals surface area contributed by atoms with Crippen molar-refractivity contribution in [2.24, 2.45) is 5.92 Å². The zero-order valence-electron chi connectivity index (χ0n) is 6.63. The van der Waals surface area contributed by atoms with Gasteiger partial charge in [-0.15, -0.1) is 0 Å². The molecule has 0 aromatic heterocycles. The molecule has 1 fully saturated rings. The van der Waals surface area contributed by atoms with Crippen LogP contribution < -0.4 is 0 Å². The zero-order valence-corrected chi connectivity index (χ0v) is 8.22. The molecular weight excluding hydrogens is 219 g/mol. The molecule has 1 aliphatic carbocycles. The summed E-state index contributed by atoms with van der Waals surface area (Å²) in [5.74, 6) is 0.281. The molecule has 0 heterocycles. The summed E-state index contributed by atoms with van der Waals surface area (Å²) >= 11 is 3.35. The molecule has 12 heavy (non-hydrogen) atoms. The second-order valence-corrected chi connectivity index (χ2v) is 4.12. The van der Waals surface area contributed by atoms with Gasteiger partial charge in [0.25, 0.3) is 0 Å². The SMILES string of the molecule is FC(c1ccccc1Br)C1CC1. The van der Waals surface area contributed by atoms with Crippen molar-refractivity contribution in [2.45, 2.75) is 19.0 Å². The van der Waals surface area contributed by atoms with Crippen molar-refractivity contribution in [3.05, 3.63) is 34.3 Å². The Kier molecular flexibility index (Phi) is 2.18. The first-order valence-electron chi connectivity index (χ1n) is 4.17. The van der Waals surface area contributed by atoms with Gasteiger partial charge in [-0.25, -0.2) is 4.39 Å². The van der Waals surface area contributed by atoms with Gasteiger partial charge < -0.3 is 0 Å². The number of rotatable bonds is 2. The molecule has 1 aromatic rings. The standard InChI is InChI=1S/C10H10BrF/c11-9-4-2-1-3-8(9)10(12)7-5-6-7/h1-4,7,10H,5-6H2. The van der Waals surface area contributed by atoms with Gasteiger partial charge in [-0.05, 0) is 24.8 Å². The minimum atomic E-state index is -0.763. The molecule has 0 radical (unpaired) electrons. The van der Waals surface area contributed by atoms with Gasteiger partial charge in [0, 0.05) is 10.0 Å². The van der Waals surface area contributed by atoms with Crippen molar-refractivity contribution >= 4 is 15.9 Å². The third-order valence-electron chi connectivity index (χ3n) is 2.24. The van der Waals surface area contributed by atoms with E-state index in [1.807, 2.05) is 24.3 Å². The lowest BCUT2D eigenvalue weighted by molar-refractivity contribution is 0.304. The molecule has 0 aliphatic heterocycles. The molecule has 0 spiro atoms. The predicted octanol–water partition coefficient (Wildman–Crippen LogP) is 3.87. The lowest BCUT2D eigenvalue weighted by atomic mass is 10.1. The van der Waals surface area contributed by atoms with E-state index in [9.17, 15) is 4.39 Å². The van der Waals surface area contributed by atoms with Crippen LogP contribution in [0.4, 0.5) is 4.39 Å². The molecule has 1 unspecified atom stereocenters. The van der Waals surface area contributed by atoms with Crippen molar-refractivity contribution in [1.82, 2.24) is 0 Å². The van der Waals surface area contributed by atoms with E-state index in [-0.39, 0.29) is 5.92 Å². The van der Waals surface area contributed by atoms with Gasteiger partial charge in [-0.3, -0.25) is 0 Å². The van der Waals surface area contributed by atoms with E-state index in [1.54, 1.807) is 0 Å². The van der Waals surface area contributed by atoms with Gasteiger partial charge in [-0.2, -0.15) is 0 Å². The number of halogens is 2. The summed E-state index contributed by atoms with van der Waals surface area (Å²) < 4.78 is 14.4. The Labute approximate surface area is 79.9 Å². The highest BCUT2D eigenvalue weighted by molar-refractivity contribution is 9.10.